The van der Waals surface area contributed by atoms with Crippen molar-refractivity contribution >= 4 is 0 Å². The SMILES string of the molecule is OC1CC(NC2CCCC3CC32)C1. The average molecular weight is 181 g/mol. The molecule has 3 saturated carbocycles. The normalized spacial score (nSPS) is 53.8. The molecule has 3 fully saturated rings. The van der Waals surface area contributed by atoms with Gasteiger partial charge in [0.05, 0.1) is 6.10 Å². The Morgan fingerprint density at radius 1 is 1.08 bits per heavy atom. The van der Waals surface area contributed by atoms with Crippen LogP contribution in [0.1, 0.15) is 38.5 Å². The highest BCUT2D eigenvalue weighted by Gasteiger charge is 2.46. The molecular weight excluding hydrogens is 162 g/mol. The van der Waals surface area contributed by atoms with E-state index in [0.717, 1.165) is 30.7 Å². The standard InChI is InChI=1S/C11H19NO/c13-9-5-8(6-9)12-11-3-1-2-7-4-10(7)11/h7-13H,1-6H2. The van der Waals surface area contributed by atoms with Gasteiger partial charge in [-0.3, -0.25) is 0 Å². The summed E-state index contributed by atoms with van der Waals surface area (Å²) in [7, 11) is 0. The van der Waals surface area contributed by atoms with Gasteiger partial charge in [-0.2, -0.15) is 0 Å². The van der Waals surface area contributed by atoms with Crippen LogP contribution < -0.4 is 5.32 Å². The highest BCUT2D eigenvalue weighted by Crippen LogP contribution is 2.49. The van der Waals surface area contributed by atoms with E-state index in [1.165, 1.54) is 25.7 Å². The molecule has 0 aromatic rings. The van der Waals surface area contributed by atoms with Crippen molar-refractivity contribution in [2.45, 2.75) is 56.7 Å². The van der Waals surface area contributed by atoms with Crippen molar-refractivity contribution in [2.24, 2.45) is 11.8 Å². The summed E-state index contributed by atoms with van der Waals surface area (Å²) in [4.78, 5) is 0. The molecule has 74 valence electrons. The van der Waals surface area contributed by atoms with Crippen LogP contribution in [-0.4, -0.2) is 23.3 Å². The van der Waals surface area contributed by atoms with Gasteiger partial charge in [0.15, 0.2) is 0 Å². The molecule has 0 aromatic heterocycles. The van der Waals surface area contributed by atoms with Gasteiger partial charge in [-0.25, -0.2) is 0 Å². The van der Waals surface area contributed by atoms with Crippen LogP contribution in [0.3, 0.4) is 0 Å². The summed E-state index contributed by atoms with van der Waals surface area (Å²) in [5.74, 6) is 2.07. The first-order chi connectivity index (χ1) is 6.33. The van der Waals surface area contributed by atoms with E-state index < -0.39 is 0 Å². The number of nitrogens with one attached hydrogen (secondary N) is 1. The molecule has 3 atom stereocenters. The van der Waals surface area contributed by atoms with Crippen LogP contribution in [0.2, 0.25) is 0 Å². The maximum atomic E-state index is 9.18. The number of aliphatic hydroxyl groups is 1. The quantitative estimate of drug-likeness (QED) is 0.673. The summed E-state index contributed by atoms with van der Waals surface area (Å²) < 4.78 is 0. The van der Waals surface area contributed by atoms with Crippen molar-refractivity contribution in [2.75, 3.05) is 0 Å². The second kappa shape index (κ2) is 2.96. The lowest BCUT2D eigenvalue weighted by molar-refractivity contribution is 0.0543. The molecule has 0 spiro atoms. The van der Waals surface area contributed by atoms with Gasteiger partial charge in [0, 0.05) is 12.1 Å². The van der Waals surface area contributed by atoms with E-state index in [0.29, 0.717) is 6.04 Å². The lowest BCUT2D eigenvalue weighted by atomic mass is 9.86. The predicted octanol–water partition coefficient (Wildman–Crippen LogP) is 1.29. The Kier molecular flexibility index (Phi) is 1.88. The van der Waals surface area contributed by atoms with Crippen molar-refractivity contribution < 1.29 is 5.11 Å². The predicted molar refractivity (Wildman–Crippen MR) is 51.4 cm³/mol. The van der Waals surface area contributed by atoms with Crippen LogP contribution in [0.4, 0.5) is 0 Å². The van der Waals surface area contributed by atoms with Gasteiger partial charge in [-0.1, -0.05) is 12.8 Å². The Bertz CT molecular complexity index is 200. The zero-order valence-corrected chi connectivity index (χ0v) is 8.08. The average Bonchev–Trinajstić information content (AvgIpc) is 2.81. The topological polar surface area (TPSA) is 32.3 Å². The van der Waals surface area contributed by atoms with Crippen molar-refractivity contribution in [3.05, 3.63) is 0 Å². The van der Waals surface area contributed by atoms with E-state index in [4.69, 9.17) is 0 Å². The number of hydrogen-bond acceptors (Lipinski definition) is 2. The largest absolute Gasteiger partial charge is 0.393 e. The van der Waals surface area contributed by atoms with Gasteiger partial charge in [-0.05, 0) is 37.5 Å². The molecule has 0 aromatic carbocycles. The van der Waals surface area contributed by atoms with Crippen molar-refractivity contribution in [1.29, 1.82) is 0 Å². The molecule has 0 bridgehead atoms. The number of aliphatic hydroxyl groups excluding tert-OH is 1. The highest BCUT2D eigenvalue weighted by atomic mass is 16.3. The molecule has 2 nitrogen and oxygen atoms in total. The summed E-state index contributed by atoms with van der Waals surface area (Å²) in [6.07, 6.45) is 7.75. The van der Waals surface area contributed by atoms with E-state index in [2.05, 4.69) is 5.32 Å². The van der Waals surface area contributed by atoms with Crippen molar-refractivity contribution in [1.82, 2.24) is 5.32 Å². The molecule has 0 saturated heterocycles. The van der Waals surface area contributed by atoms with E-state index in [9.17, 15) is 5.11 Å². The minimum absolute atomic E-state index is 0.00362. The molecule has 3 aliphatic carbocycles. The Morgan fingerprint density at radius 2 is 1.92 bits per heavy atom. The van der Waals surface area contributed by atoms with E-state index >= 15 is 0 Å². The van der Waals surface area contributed by atoms with Crippen LogP contribution in [0.5, 0.6) is 0 Å². The summed E-state index contributed by atoms with van der Waals surface area (Å²) in [6.45, 7) is 0. The summed E-state index contributed by atoms with van der Waals surface area (Å²) in [5.41, 5.74) is 0. The zero-order chi connectivity index (χ0) is 8.84. The number of hydrogen-bond donors (Lipinski definition) is 2. The Balaban J connectivity index is 1.49. The fourth-order valence-corrected chi connectivity index (χ4v) is 3.14. The molecule has 2 N–H and O–H groups in total. The molecule has 0 radical (unpaired) electrons. The highest BCUT2D eigenvalue weighted by molar-refractivity contribution is 5.00. The Hall–Kier alpha value is -0.0800. The molecule has 3 rings (SSSR count). The van der Waals surface area contributed by atoms with E-state index in [1.807, 2.05) is 0 Å². The minimum atomic E-state index is -0.00362. The maximum Gasteiger partial charge on any atom is 0.0570 e. The summed E-state index contributed by atoms with van der Waals surface area (Å²) >= 11 is 0. The third kappa shape index (κ3) is 1.50. The van der Waals surface area contributed by atoms with Gasteiger partial charge < -0.3 is 10.4 Å². The molecule has 3 unspecified atom stereocenters. The molecule has 3 aliphatic rings. The lowest BCUT2D eigenvalue weighted by Crippen LogP contribution is -2.49. The molecule has 0 aliphatic heterocycles. The Morgan fingerprint density at radius 3 is 2.69 bits per heavy atom. The second-order valence-corrected chi connectivity index (χ2v) is 5.19. The molecule has 0 amide bonds. The van der Waals surface area contributed by atoms with Crippen molar-refractivity contribution in [3.8, 4) is 0 Å². The minimum Gasteiger partial charge on any atom is -0.393 e. The first kappa shape index (κ1) is 8.25. The van der Waals surface area contributed by atoms with Gasteiger partial charge in [-0.15, -0.1) is 0 Å². The molecule has 0 heterocycles. The Labute approximate surface area is 79.7 Å². The van der Waals surface area contributed by atoms with Crippen LogP contribution in [0, 0.1) is 11.8 Å². The first-order valence-electron chi connectivity index (χ1n) is 5.77. The fraction of sp³-hybridized carbons (Fsp3) is 1.00. The van der Waals surface area contributed by atoms with E-state index in [1.54, 1.807) is 0 Å². The fourth-order valence-electron chi connectivity index (χ4n) is 3.14. The van der Waals surface area contributed by atoms with Gasteiger partial charge >= 0.3 is 0 Å². The molecular formula is C11H19NO. The third-order valence-electron chi connectivity index (χ3n) is 4.15. The molecule has 13 heavy (non-hydrogen) atoms. The lowest BCUT2D eigenvalue weighted by Gasteiger charge is -2.36. The summed E-state index contributed by atoms with van der Waals surface area (Å²) in [6, 6.07) is 1.44. The number of rotatable bonds is 2. The second-order valence-electron chi connectivity index (χ2n) is 5.19. The smallest absolute Gasteiger partial charge is 0.0570 e. The molecule has 2 heteroatoms. The first-order valence-corrected chi connectivity index (χ1v) is 5.77. The van der Waals surface area contributed by atoms with Gasteiger partial charge in [0.25, 0.3) is 0 Å². The monoisotopic (exact) mass is 181 g/mol. The van der Waals surface area contributed by atoms with Crippen LogP contribution in [0.15, 0.2) is 0 Å². The summed E-state index contributed by atoms with van der Waals surface area (Å²) in [5, 5.41) is 12.9. The zero-order valence-electron chi connectivity index (χ0n) is 8.08. The number of fused-ring (bicyclic) bond motifs is 1. The van der Waals surface area contributed by atoms with Crippen LogP contribution in [-0.2, 0) is 0 Å². The van der Waals surface area contributed by atoms with Crippen LogP contribution in [0.25, 0.3) is 0 Å². The van der Waals surface area contributed by atoms with Gasteiger partial charge in [0.1, 0.15) is 0 Å². The van der Waals surface area contributed by atoms with Crippen molar-refractivity contribution in [3.63, 3.8) is 0 Å². The van der Waals surface area contributed by atoms with Gasteiger partial charge in [0.2, 0.25) is 0 Å². The maximum absolute atomic E-state index is 9.18. The van der Waals surface area contributed by atoms with Crippen LogP contribution >= 0.6 is 0 Å². The van der Waals surface area contributed by atoms with E-state index in [-0.39, 0.29) is 6.10 Å². The third-order valence-corrected chi connectivity index (χ3v) is 4.15.